The lowest BCUT2D eigenvalue weighted by Crippen LogP contribution is -2.49. The smallest absolute Gasteiger partial charge is 0.217 e. The molecule has 7 heteroatoms. The van der Waals surface area contributed by atoms with Crippen molar-refractivity contribution >= 4 is 21.8 Å². The van der Waals surface area contributed by atoms with Gasteiger partial charge < -0.3 is 15.7 Å². The normalized spacial score (nSPS) is 16.8. The van der Waals surface area contributed by atoms with Crippen LogP contribution >= 0.6 is 15.9 Å². The van der Waals surface area contributed by atoms with Gasteiger partial charge in [-0.2, -0.15) is 0 Å². The first-order valence-corrected chi connectivity index (χ1v) is 12.1. The first-order chi connectivity index (χ1) is 15.3. The summed E-state index contributed by atoms with van der Waals surface area (Å²) in [6.07, 6.45) is 2.04. The summed E-state index contributed by atoms with van der Waals surface area (Å²) in [5.41, 5.74) is 2.75. The number of aliphatic hydroxyl groups is 1. The molecule has 0 aliphatic heterocycles. The first kappa shape index (κ1) is 25.8. The van der Waals surface area contributed by atoms with Gasteiger partial charge in [0, 0.05) is 29.5 Å². The number of hydrogen-bond donors (Lipinski definition) is 3. The molecule has 0 spiro atoms. The molecule has 3 N–H and O–H groups in total. The number of halogens is 3. The van der Waals surface area contributed by atoms with Crippen LogP contribution in [0.25, 0.3) is 0 Å². The maximum atomic E-state index is 13.6. The minimum atomic E-state index is -0.932. The molecule has 1 amide bonds. The number of amides is 1. The number of carbonyl (C=O) groups is 1. The highest BCUT2D eigenvalue weighted by Crippen LogP contribution is 2.46. The summed E-state index contributed by atoms with van der Waals surface area (Å²) >= 11 is 3.63. The van der Waals surface area contributed by atoms with Crippen molar-refractivity contribution in [2.75, 3.05) is 6.54 Å². The van der Waals surface area contributed by atoms with Gasteiger partial charge in [-0.15, -0.1) is 0 Å². The third-order valence-corrected chi connectivity index (χ3v) is 6.33. The van der Waals surface area contributed by atoms with Gasteiger partial charge in [-0.05, 0) is 72.1 Å². The lowest BCUT2D eigenvalue weighted by Gasteiger charge is -2.27. The molecule has 2 unspecified atom stereocenters. The van der Waals surface area contributed by atoms with Crippen LogP contribution in [0.3, 0.4) is 0 Å². The van der Waals surface area contributed by atoms with Crippen LogP contribution < -0.4 is 10.6 Å². The Labute approximate surface area is 203 Å². The number of aliphatic hydroxyl groups excluding tert-OH is 1. The summed E-state index contributed by atoms with van der Waals surface area (Å²) in [5, 5.41) is 17.1. The average Bonchev–Trinajstić information content (AvgIpc) is 3.44. The fourth-order valence-electron chi connectivity index (χ4n) is 4.30. The molecular weight excluding hydrogens is 490 g/mol. The Balaban J connectivity index is 1.72. The van der Waals surface area contributed by atoms with Gasteiger partial charge in [-0.3, -0.25) is 4.79 Å². The van der Waals surface area contributed by atoms with Crippen LogP contribution in [-0.2, 0) is 23.2 Å². The van der Waals surface area contributed by atoms with Crippen molar-refractivity contribution in [2.24, 2.45) is 5.41 Å². The number of benzene rings is 2. The fraction of sp³-hybridized carbons (Fsp3) is 0.500. The molecule has 3 rings (SSSR count). The van der Waals surface area contributed by atoms with E-state index in [1.165, 1.54) is 30.2 Å². The molecule has 0 saturated heterocycles. The molecule has 0 aromatic heterocycles. The molecule has 1 aliphatic carbocycles. The SMILES string of the molecule is CC(=O)NC(Cc1cc(F)cc(F)c1)C(O)CNC1(c2cc(Br)cc(CC(C)(C)C)c2)CC1. The van der Waals surface area contributed by atoms with E-state index < -0.39 is 23.8 Å². The lowest BCUT2D eigenvalue weighted by molar-refractivity contribution is -0.120. The van der Waals surface area contributed by atoms with Crippen molar-refractivity contribution < 1.29 is 18.7 Å². The topological polar surface area (TPSA) is 61.4 Å². The summed E-state index contributed by atoms with van der Waals surface area (Å²) in [6.45, 7) is 8.23. The summed E-state index contributed by atoms with van der Waals surface area (Å²) in [4.78, 5) is 11.7. The van der Waals surface area contributed by atoms with Crippen LogP contribution in [0, 0.1) is 17.0 Å². The third kappa shape index (κ3) is 7.59. The largest absolute Gasteiger partial charge is 0.390 e. The molecule has 2 aromatic rings. The van der Waals surface area contributed by atoms with Crippen molar-refractivity contribution in [3.05, 3.63) is 69.2 Å². The molecule has 1 fully saturated rings. The Morgan fingerprint density at radius 1 is 1.09 bits per heavy atom. The van der Waals surface area contributed by atoms with Crippen molar-refractivity contribution in [1.29, 1.82) is 0 Å². The highest BCUT2D eigenvalue weighted by Gasteiger charge is 2.44. The van der Waals surface area contributed by atoms with Gasteiger partial charge in [0.15, 0.2) is 0 Å². The van der Waals surface area contributed by atoms with E-state index in [0.717, 1.165) is 29.8 Å². The van der Waals surface area contributed by atoms with Crippen molar-refractivity contribution in [3.8, 4) is 0 Å². The standard InChI is InChI=1S/C26H33BrF2N2O2/c1-16(32)31-23(11-17-9-21(28)13-22(29)10-17)24(33)15-30-26(5-6-26)19-7-18(8-20(27)12-19)14-25(2,3)4/h7-10,12-13,23-24,30,33H,5-6,11,14-15H2,1-4H3,(H,31,32). The molecule has 33 heavy (non-hydrogen) atoms. The molecule has 2 aromatic carbocycles. The average molecular weight is 523 g/mol. The predicted octanol–water partition coefficient (Wildman–Crippen LogP) is 5.00. The summed E-state index contributed by atoms with van der Waals surface area (Å²) in [6, 6.07) is 9.05. The summed E-state index contributed by atoms with van der Waals surface area (Å²) in [7, 11) is 0. The highest BCUT2D eigenvalue weighted by atomic mass is 79.9. The molecule has 0 heterocycles. The molecule has 1 aliphatic rings. The second kappa shape index (κ2) is 10.2. The zero-order valence-electron chi connectivity index (χ0n) is 19.6. The Bertz CT molecular complexity index is 982. The Kier molecular flexibility index (Phi) is 7.97. The predicted molar refractivity (Wildman–Crippen MR) is 130 cm³/mol. The maximum Gasteiger partial charge on any atom is 0.217 e. The van der Waals surface area contributed by atoms with Gasteiger partial charge in [0.25, 0.3) is 0 Å². The van der Waals surface area contributed by atoms with Crippen LogP contribution in [0.1, 0.15) is 57.2 Å². The zero-order chi connectivity index (χ0) is 24.4. The van der Waals surface area contributed by atoms with Gasteiger partial charge in [0.05, 0.1) is 12.1 Å². The summed E-state index contributed by atoms with van der Waals surface area (Å²) in [5.74, 6) is -1.68. The van der Waals surface area contributed by atoms with Crippen LogP contribution in [0.15, 0.2) is 40.9 Å². The van der Waals surface area contributed by atoms with Crippen molar-refractivity contribution in [3.63, 3.8) is 0 Å². The first-order valence-electron chi connectivity index (χ1n) is 11.3. The minimum Gasteiger partial charge on any atom is -0.390 e. The van der Waals surface area contributed by atoms with Gasteiger partial charge in [-0.1, -0.05) is 42.8 Å². The monoisotopic (exact) mass is 522 g/mol. The van der Waals surface area contributed by atoms with Crippen molar-refractivity contribution in [1.82, 2.24) is 10.6 Å². The second-order valence-electron chi connectivity index (χ2n) is 10.4. The van der Waals surface area contributed by atoms with E-state index in [2.05, 4.69) is 65.5 Å². The van der Waals surface area contributed by atoms with E-state index >= 15 is 0 Å². The van der Waals surface area contributed by atoms with Crippen molar-refractivity contribution in [2.45, 2.75) is 71.1 Å². The molecule has 1 saturated carbocycles. The molecule has 180 valence electrons. The molecular formula is C26H33BrF2N2O2. The van der Waals surface area contributed by atoms with Crippen LogP contribution in [0.5, 0.6) is 0 Å². The third-order valence-electron chi connectivity index (χ3n) is 5.88. The number of nitrogens with one attached hydrogen (secondary N) is 2. The zero-order valence-corrected chi connectivity index (χ0v) is 21.2. The summed E-state index contributed by atoms with van der Waals surface area (Å²) < 4.78 is 28.2. The Hall–Kier alpha value is -1.83. The van der Waals surface area contributed by atoms with E-state index in [-0.39, 0.29) is 29.8 Å². The van der Waals surface area contributed by atoms with Gasteiger partial charge >= 0.3 is 0 Å². The van der Waals surface area contributed by atoms with E-state index in [4.69, 9.17) is 0 Å². The molecule has 0 bridgehead atoms. The molecule has 2 atom stereocenters. The Morgan fingerprint density at radius 3 is 2.27 bits per heavy atom. The van der Waals surface area contributed by atoms with Gasteiger partial charge in [-0.25, -0.2) is 8.78 Å². The number of hydrogen-bond acceptors (Lipinski definition) is 3. The fourth-order valence-corrected chi connectivity index (χ4v) is 4.84. The highest BCUT2D eigenvalue weighted by molar-refractivity contribution is 9.10. The number of carbonyl (C=O) groups excluding carboxylic acids is 1. The van der Waals surface area contributed by atoms with Gasteiger partial charge in [0.1, 0.15) is 11.6 Å². The van der Waals surface area contributed by atoms with Crippen LogP contribution in [0.2, 0.25) is 0 Å². The minimum absolute atomic E-state index is 0.122. The molecule has 4 nitrogen and oxygen atoms in total. The quantitative estimate of drug-likeness (QED) is 0.434. The number of rotatable bonds is 9. The van der Waals surface area contributed by atoms with E-state index in [1.54, 1.807) is 0 Å². The van der Waals surface area contributed by atoms with Crippen LogP contribution in [0.4, 0.5) is 8.78 Å². The van der Waals surface area contributed by atoms with E-state index in [9.17, 15) is 18.7 Å². The van der Waals surface area contributed by atoms with E-state index in [0.29, 0.717) is 5.56 Å². The lowest BCUT2D eigenvalue weighted by atomic mass is 9.87. The second-order valence-corrected chi connectivity index (χ2v) is 11.3. The maximum absolute atomic E-state index is 13.6. The van der Waals surface area contributed by atoms with E-state index in [1.807, 2.05) is 0 Å². The Morgan fingerprint density at radius 2 is 1.73 bits per heavy atom. The van der Waals surface area contributed by atoms with Gasteiger partial charge in [0.2, 0.25) is 5.91 Å². The molecule has 0 radical (unpaired) electrons. The van der Waals surface area contributed by atoms with Crippen LogP contribution in [-0.4, -0.2) is 29.7 Å².